The molecule has 0 heterocycles. The Morgan fingerprint density at radius 1 is 1.47 bits per heavy atom. The van der Waals surface area contributed by atoms with Gasteiger partial charge in [0.2, 0.25) is 10.0 Å². The molecule has 0 aromatic heterocycles. The summed E-state index contributed by atoms with van der Waals surface area (Å²) in [6, 6.07) is 3.68. The number of benzene rings is 1. The average Bonchev–Trinajstić information content (AvgIpc) is 2.38. The molecule has 7 heteroatoms. The summed E-state index contributed by atoms with van der Waals surface area (Å²) < 4.78 is 40.5. The first-order valence-corrected chi connectivity index (χ1v) is 8.82. The van der Waals surface area contributed by atoms with Crippen LogP contribution >= 0.6 is 11.8 Å². The zero-order valence-corrected chi connectivity index (χ0v) is 12.7. The highest BCUT2D eigenvalue weighted by Crippen LogP contribution is 2.17. The number of halogens is 1. The summed E-state index contributed by atoms with van der Waals surface area (Å²) in [4.78, 5) is -0.338. The molecule has 0 bridgehead atoms. The van der Waals surface area contributed by atoms with E-state index in [1.54, 1.807) is 11.8 Å². The number of hydrogen-bond donors (Lipinski definition) is 2. The van der Waals surface area contributed by atoms with E-state index in [1.165, 1.54) is 12.1 Å². The SMILES string of the molecule is CCC(CSC)NS(=O)(=O)c1cc(CN)ccc1F. The largest absolute Gasteiger partial charge is 0.326 e. The number of hydrogen-bond acceptors (Lipinski definition) is 4. The number of thioether (sulfide) groups is 1. The lowest BCUT2D eigenvalue weighted by Crippen LogP contribution is -2.36. The predicted octanol–water partition coefficient (Wildman–Crippen LogP) is 1.70. The van der Waals surface area contributed by atoms with Gasteiger partial charge in [0.05, 0.1) is 0 Å². The standard InChI is InChI=1S/C12H19FN2O2S2/c1-3-10(8-18-2)15-19(16,17)12-6-9(7-14)4-5-11(12)13/h4-6,10,15H,3,7-8,14H2,1-2H3. The van der Waals surface area contributed by atoms with Crippen LogP contribution in [-0.2, 0) is 16.6 Å². The van der Waals surface area contributed by atoms with Crippen molar-refractivity contribution in [3.63, 3.8) is 0 Å². The van der Waals surface area contributed by atoms with E-state index in [4.69, 9.17) is 5.73 Å². The maximum absolute atomic E-state index is 13.7. The van der Waals surface area contributed by atoms with Crippen LogP contribution in [0.2, 0.25) is 0 Å². The predicted molar refractivity (Wildman–Crippen MR) is 77.1 cm³/mol. The van der Waals surface area contributed by atoms with Crippen molar-refractivity contribution in [2.45, 2.75) is 30.8 Å². The molecule has 4 nitrogen and oxygen atoms in total. The zero-order valence-electron chi connectivity index (χ0n) is 11.0. The van der Waals surface area contributed by atoms with Crippen molar-refractivity contribution < 1.29 is 12.8 Å². The summed E-state index contributed by atoms with van der Waals surface area (Å²) in [5, 5.41) is 0. The first-order valence-electron chi connectivity index (χ1n) is 5.94. The number of nitrogens with one attached hydrogen (secondary N) is 1. The lowest BCUT2D eigenvalue weighted by Gasteiger charge is -2.16. The van der Waals surface area contributed by atoms with E-state index in [0.717, 1.165) is 6.07 Å². The van der Waals surface area contributed by atoms with Gasteiger partial charge in [0.25, 0.3) is 0 Å². The Morgan fingerprint density at radius 3 is 2.68 bits per heavy atom. The Labute approximate surface area is 118 Å². The second-order valence-corrected chi connectivity index (χ2v) is 6.74. The van der Waals surface area contributed by atoms with Gasteiger partial charge in [0.15, 0.2) is 0 Å². The molecule has 19 heavy (non-hydrogen) atoms. The molecule has 0 saturated carbocycles. The van der Waals surface area contributed by atoms with Crippen molar-refractivity contribution in [2.24, 2.45) is 5.73 Å². The lowest BCUT2D eigenvalue weighted by atomic mass is 10.2. The first kappa shape index (κ1) is 16.4. The number of rotatable bonds is 7. The summed E-state index contributed by atoms with van der Waals surface area (Å²) >= 11 is 1.54. The second kappa shape index (κ2) is 7.23. The van der Waals surface area contributed by atoms with Gasteiger partial charge in [0, 0.05) is 18.3 Å². The molecule has 0 radical (unpaired) electrons. The summed E-state index contributed by atoms with van der Waals surface area (Å²) in [6.07, 6.45) is 2.55. The zero-order chi connectivity index (χ0) is 14.5. The van der Waals surface area contributed by atoms with Gasteiger partial charge in [-0.05, 0) is 30.4 Å². The van der Waals surface area contributed by atoms with Gasteiger partial charge < -0.3 is 5.73 Å². The van der Waals surface area contributed by atoms with E-state index in [0.29, 0.717) is 17.7 Å². The van der Waals surface area contributed by atoms with Crippen LogP contribution in [-0.4, -0.2) is 26.5 Å². The quantitative estimate of drug-likeness (QED) is 0.804. The Balaban J connectivity index is 3.05. The number of nitrogens with two attached hydrogens (primary N) is 1. The molecule has 0 aliphatic carbocycles. The van der Waals surface area contributed by atoms with Crippen LogP contribution in [0.15, 0.2) is 23.1 Å². The summed E-state index contributed by atoms with van der Waals surface area (Å²) in [7, 11) is -3.85. The molecular formula is C12H19FN2O2S2. The third-order valence-corrected chi connectivity index (χ3v) is 4.97. The van der Waals surface area contributed by atoms with E-state index in [9.17, 15) is 12.8 Å². The molecule has 1 unspecified atom stereocenters. The highest BCUT2D eigenvalue weighted by atomic mass is 32.2. The van der Waals surface area contributed by atoms with Crippen molar-refractivity contribution in [1.82, 2.24) is 4.72 Å². The summed E-state index contributed by atoms with van der Waals surface area (Å²) in [5.41, 5.74) is 6.03. The van der Waals surface area contributed by atoms with E-state index in [2.05, 4.69) is 4.72 Å². The van der Waals surface area contributed by atoms with Crippen molar-refractivity contribution in [1.29, 1.82) is 0 Å². The maximum Gasteiger partial charge on any atom is 0.243 e. The second-order valence-electron chi connectivity index (χ2n) is 4.15. The smallest absolute Gasteiger partial charge is 0.243 e. The van der Waals surface area contributed by atoms with Crippen molar-refractivity contribution in [2.75, 3.05) is 12.0 Å². The molecule has 0 saturated heterocycles. The van der Waals surface area contributed by atoms with E-state index in [-0.39, 0.29) is 17.5 Å². The highest BCUT2D eigenvalue weighted by Gasteiger charge is 2.22. The molecule has 3 N–H and O–H groups in total. The van der Waals surface area contributed by atoms with Gasteiger partial charge in [-0.1, -0.05) is 13.0 Å². The van der Waals surface area contributed by atoms with Gasteiger partial charge in [-0.2, -0.15) is 11.8 Å². The minimum atomic E-state index is -3.85. The van der Waals surface area contributed by atoms with Crippen LogP contribution in [0.5, 0.6) is 0 Å². The third-order valence-electron chi connectivity index (χ3n) is 2.70. The van der Waals surface area contributed by atoms with Gasteiger partial charge >= 0.3 is 0 Å². The molecule has 1 atom stereocenters. The fourth-order valence-electron chi connectivity index (χ4n) is 1.60. The molecule has 108 valence electrons. The van der Waals surface area contributed by atoms with Gasteiger partial charge in [0.1, 0.15) is 10.7 Å². The lowest BCUT2D eigenvalue weighted by molar-refractivity contribution is 0.540. The normalized spacial score (nSPS) is 13.5. The molecule has 1 rings (SSSR count). The van der Waals surface area contributed by atoms with E-state index in [1.807, 2.05) is 13.2 Å². The molecule has 1 aromatic carbocycles. The minimum Gasteiger partial charge on any atom is -0.326 e. The Morgan fingerprint density at radius 2 is 2.16 bits per heavy atom. The number of sulfonamides is 1. The molecular weight excluding hydrogens is 287 g/mol. The molecule has 0 spiro atoms. The van der Waals surface area contributed by atoms with Crippen LogP contribution in [0.25, 0.3) is 0 Å². The van der Waals surface area contributed by atoms with E-state index < -0.39 is 15.8 Å². The Bertz CT molecular complexity index is 520. The first-order chi connectivity index (χ1) is 8.94. The van der Waals surface area contributed by atoms with Crippen molar-refractivity contribution in [3.05, 3.63) is 29.6 Å². The summed E-state index contributed by atoms with van der Waals surface area (Å²) in [6.45, 7) is 2.06. The summed E-state index contributed by atoms with van der Waals surface area (Å²) in [5.74, 6) is -0.114. The van der Waals surface area contributed by atoms with Crippen LogP contribution in [0, 0.1) is 5.82 Å². The van der Waals surface area contributed by atoms with Crippen LogP contribution < -0.4 is 10.5 Å². The monoisotopic (exact) mass is 306 g/mol. The molecule has 0 aliphatic rings. The third kappa shape index (κ3) is 4.45. The fraction of sp³-hybridized carbons (Fsp3) is 0.500. The molecule has 0 aliphatic heterocycles. The minimum absolute atomic E-state index is 0.171. The van der Waals surface area contributed by atoms with Crippen molar-refractivity contribution >= 4 is 21.8 Å². The van der Waals surface area contributed by atoms with Crippen LogP contribution in [0.4, 0.5) is 4.39 Å². The van der Waals surface area contributed by atoms with Crippen LogP contribution in [0.3, 0.4) is 0 Å². The molecule has 0 amide bonds. The fourth-order valence-corrected chi connectivity index (χ4v) is 3.87. The van der Waals surface area contributed by atoms with Crippen LogP contribution in [0.1, 0.15) is 18.9 Å². The van der Waals surface area contributed by atoms with Crippen molar-refractivity contribution in [3.8, 4) is 0 Å². The van der Waals surface area contributed by atoms with Gasteiger partial charge in [-0.3, -0.25) is 0 Å². The highest BCUT2D eigenvalue weighted by molar-refractivity contribution is 7.98. The Kier molecular flexibility index (Phi) is 6.25. The topological polar surface area (TPSA) is 72.2 Å². The maximum atomic E-state index is 13.7. The molecule has 0 fully saturated rings. The average molecular weight is 306 g/mol. The van der Waals surface area contributed by atoms with Gasteiger partial charge in [-0.25, -0.2) is 17.5 Å². The van der Waals surface area contributed by atoms with E-state index >= 15 is 0 Å². The molecule has 1 aromatic rings. The van der Waals surface area contributed by atoms with Gasteiger partial charge in [-0.15, -0.1) is 0 Å². The Hall–Kier alpha value is -0.630.